The molecule has 2 N–H and O–H groups in total. The first-order valence-corrected chi connectivity index (χ1v) is 7.56. The van der Waals surface area contributed by atoms with E-state index in [1.54, 1.807) is 7.11 Å². The smallest absolute Gasteiger partial charge is 0.222 e. The highest BCUT2D eigenvalue weighted by Gasteiger charge is 2.18. The Labute approximate surface area is 136 Å². The Hall–Kier alpha value is -2.66. The van der Waals surface area contributed by atoms with Gasteiger partial charge in [0.1, 0.15) is 6.67 Å². The minimum absolute atomic E-state index is 0.0728. The number of aliphatic hydroxyl groups excluding tert-OH is 1. The Kier molecular flexibility index (Phi) is 4.68. The van der Waals surface area contributed by atoms with Gasteiger partial charge in [0.15, 0.2) is 0 Å². The van der Waals surface area contributed by atoms with E-state index in [0.717, 1.165) is 17.8 Å². The van der Waals surface area contributed by atoms with E-state index in [0.29, 0.717) is 12.6 Å². The number of anilines is 1. The molecule has 0 saturated carbocycles. The number of hydrazine groups is 1. The van der Waals surface area contributed by atoms with Crippen LogP contribution >= 0.6 is 0 Å². The van der Waals surface area contributed by atoms with Crippen LogP contribution in [0.2, 0.25) is 0 Å². The molecule has 120 valence electrons. The molecule has 2 aromatic carbocycles. The summed E-state index contributed by atoms with van der Waals surface area (Å²) < 4.78 is 5.38. The highest BCUT2D eigenvalue weighted by molar-refractivity contribution is 5.45. The lowest BCUT2D eigenvalue weighted by atomic mass is 10.1. The van der Waals surface area contributed by atoms with Crippen LogP contribution in [0.3, 0.4) is 0 Å². The van der Waals surface area contributed by atoms with Crippen molar-refractivity contribution < 1.29 is 9.84 Å². The number of para-hydroxylation sites is 1. The molecule has 0 atom stereocenters. The van der Waals surface area contributed by atoms with E-state index in [-0.39, 0.29) is 6.61 Å². The Morgan fingerprint density at radius 2 is 1.74 bits per heavy atom. The summed E-state index contributed by atoms with van der Waals surface area (Å²) in [6.45, 7) is 1.55. The van der Waals surface area contributed by atoms with Crippen molar-refractivity contribution >= 4 is 5.69 Å². The number of hydrogen-bond acceptors (Lipinski definition) is 5. The van der Waals surface area contributed by atoms with Crippen LogP contribution in [-0.4, -0.2) is 23.8 Å². The maximum atomic E-state index is 9.13. The second-order valence-electron chi connectivity index (χ2n) is 5.44. The average Bonchev–Trinajstić information content (AvgIpc) is 2.63. The Balaban J connectivity index is 1.75. The van der Waals surface area contributed by atoms with Crippen LogP contribution in [0, 0.1) is 0 Å². The molecule has 3 rings (SSSR count). The number of hydrogen-bond donors (Lipinski definition) is 2. The first-order chi connectivity index (χ1) is 11.3. The summed E-state index contributed by atoms with van der Waals surface area (Å²) in [5.41, 5.74) is 6.44. The molecule has 0 aliphatic carbocycles. The van der Waals surface area contributed by atoms with Crippen molar-refractivity contribution in [3.8, 4) is 0 Å². The fourth-order valence-corrected chi connectivity index (χ4v) is 2.52. The number of nitrogens with one attached hydrogen (secondary N) is 1. The minimum atomic E-state index is 0.0728. The topological polar surface area (TPSA) is 48.0 Å². The van der Waals surface area contributed by atoms with Crippen molar-refractivity contribution in [2.45, 2.75) is 13.2 Å². The van der Waals surface area contributed by atoms with Crippen LogP contribution in [0.1, 0.15) is 11.1 Å². The highest BCUT2D eigenvalue weighted by atomic mass is 16.5. The molecule has 1 aliphatic rings. The monoisotopic (exact) mass is 311 g/mol. The van der Waals surface area contributed by atoms with Crippen molar-refractivity contribution in [3.63, 3.8) is 0 Å². The van der Waals surface area contributed by atoms with Gasteiger partial charge in [-0.05, 0) is 23.3 Å². The maximum absolute atomic E-state index is 9.13. The summed E-state index contributed by atoms with van der Waals surface area (Å²) >= 11 is 0. The van der Waals surface area contributed by atoms with Gasteiger partial charge in [-0.3, -0.25) is 10.4 Å². The molecule has 0 amide bonds. The van der Waals surface area contributed by atoms with E-state index >= 15 is 0 Å². The predicted octanol–water partition coefficient (Wildman–Crippen LogP) is 2.41. The molecule has 0 bridgehead atoms. The normalized spacial score (nSPS) is 14.3. The third-order valence-electron chi connectivity index (χ3n) is 3.75. The van der Waals surface area contributed by atoms with Crippen LogP contribution in [0.5, 0.6) is 0 Å². The lowest BCUT2D eigenvalue weighted by molar-refractivity contribution is 0.207. The van der Waals surface area contributed by atoms with Gasteiger partial charge in [-0.15, -0.1) is 0 Å². The van der Waals surface area contributed by atoms with Gasteiger partial charge in [-0.2, -0.15) is 0 Å². The van der Waals surface area contributed by atoms with E-state index in [4.69, 9.17) is 9.84 Å². The molecule has 0 unspecified atom stereocenters. The summed E-state index contributed by atoms with van der Waals surface area (Å²) in [7, 11) is 1.65. The maximum Gasteiger partial charge on any atom is 0.222 e. The fraction of sp³-hybridized carbons (Fsp3) is 0.222. The van der Waals surface area contributed by atoms with Crippen LogP contribution in [0.15, 0.2) is 66.7 Å². The Bertz CT molecular complexity index is 656. The molecule has 2 aromatic rings. The molecule has 0 aromatic heterocycles. The lowest BCUT2D eigenvalue weighted by Gasteiger charge is -2.37. The average molecular weight is 311 g/mol. The van der Waals surface area contributed by atoms with Gasteiger partial charge in [0, 0.05) is 6.54 Å². The molecule has 0 radical (unpaired) electrons. The number of rotatable bonds is 5. The largest absolute Gasteiger partial charge is 0.480 e. The molecule has 5 nitrogen and oxygen atoms in total. The first-order valence-electron chi connectivity index (χ1n) is 7.56. The number of nitrogens with zero attached hydrogens (tertiary/aromatic N) is 2. The van der Waals surface area contributed by atoms with Crippen LogP contribution in [0.25, 0.3) is 0 Å². The van der Waals surface area contributed by atoms with Crippen molar-refractivity contribution in [3.05, 3.63) is 77.8 Å². The molecule has 0 saturated heterocycles. The summed E-state index contributed by atoms with van der Waals surface area (Å²) in [6, 6.07) is 18.1. The van der Waals surface area contributed by atoms with Crippen molar-refractivity contribution in [2.75, 3.05) is 18.8 Å². The molecule has 1 heterocycles. The van der Waals surface area contributed by atoms with E-state index in [2.05, 4.69) is 22.5 Å². The number of benzene rings is 2. The van der Waals surface area contributed by atoms with Crippen molar-refractivity contribution in [1.82, 2.24) is 10.3 Å². The predicted molar refractivity (Wildman–Crippen MR) is 89.9 cm³/mol. The van der Waals surface area contributed by atoms with Gasteiger partial charge in [0.05, 0.1) is 25.6 Å². The SMILES string of the molecule is COC1=CN(Cc2ccc(CO)cc2)CN(c2ccccc2)N1. The van der Waals surface area contributed by atoms with Gasteiger partial charge < -0.3 is 14.7 Å². The fourth-order valence-electron chi connectivity index (χ4n) is 2.52. The van der Waals surface area contributed by atoms with Crippen LogP contribution < -0.4 is 10.4 Å². The Morgan fingerprint density at radius 3 is 2.39 bits per heavy atom. The van der Waals surface area contributed by atoms with Crippen LogP contribution in [0.4, 0.5) is 5.69 Å². The molecular formula is C18H21N3O2. The number of ether oxygens (including phenoxy) is 1. The van der Waals surface area contributed by atoms with Gasteiger partial charge in [-0.1, -0.05) is 42.5 Å². The zero-order chi connectivity index (χ0) is 16.1. The quantitative estimate of drug-likeness (QED) is 0.888. The second kappa shape index (κ2) is 7.07. The minimum Gasteiger partial charge on any atom is -0.480 e. The summed E-state index contributed by atoms with van der Waals surface area (Å²) in [5.74, 6) is 0.701. The van der Waals surface area contributed by atoms with Gasteiger partial charge >= 0.3 is 0 Å². The number of aliphatic hydroxyl groups is 1. The molecule has 23 heavy (non-hydrogen) atoms. The molecule has 1 aliphatic heterocycles. The zero-order valence-corrected chi connectivity index (χ0v) is 13.1. The third-order valence-corrected chi connectivity index (χ3v) is 3.75. The van der Waals surface area contributed by atoms with Crippen molar-refractivity contribution in [2.24, 2.45) is 0 Å². The van der Waals surface area contributed by atoms with Crippen LogP contribution in [-0.2, 0) is 17.9 Å². The van der Waals surface area contributed by atoms with Gasteiger partial charge in [-0.25, -0.2) is 0 Å². The van der Waals surface area contributed by atoms with Gasteiger partial charge in [0.2, 0.25) is 5.88 Å². The molecular weight excluding hydrogens is 290 g/mol. The van der Waals surface area contributed by atoms with E-state index in [9.17, 15) is 0 Å². The van der Waals surface area contributed by atoms with Crippen molar-refractivity contribution in [1.29, 1.82) is 0 Å². The highest BCUT2D eigenvalue weighted by Crippen LogP contribution is 2.18. The second-order valence-corrected chi connectivity index (χ2v) is 5.44. The zero-order valence-electron chi connectivity index (χ0n) is 13.1. The number of methoxy groups -OCH3 is 1. The molecule has 5 heteroatoms. The lowest BCUT2D eigenvalue weighted by Crippen LogP contribution is -2.48. The first kappa shape index (κ1) is 15.2. The summed E-state index contributed by atoms with van der Waals surface area (Å²) in [4.78, 5) is 2.18. The van der Waals surface area contributed by atoms with E-state index in [1.165, 1.54) is 5.56 Å². The standard InChI is InChI=1S/C18H21N3O2/c1-23-18-12-20(11-15-7-9-16(13-22)10-8-15)14-21(19-18)17-5-3-2-4-6-17/h2-10,12,19,22H,11,13-14H2,1H3. The van der Waals surface area contributed by atoms with E-state index in [1.807, 2.05) is 53.7 Å². The molecule has 0 spiro atoms. The summed E-state index contributed by atoms with van der Waals surface area (Å²) in [5, 5.41) is 11.2. The third kappa shape index (κ3) is 3.76. The Morgan fingerprint density at radius 1 is 1.04 bits per heavy atom. The summed E-state index contributed by atoms with van der Waals surface area (Å²) in [6.07, 6.45) is 1.97. The van der Waals surface area contributed by atoms with E-state index < -0.39 is 0 Å². The van der Waals surface area contributed by atoms with Gasteiger partial charge in [0.25, 0.3) is 0 Å². The molecule has 0 fully saturated rings.